The van der Waals surface area contributed by atoms with E-state index in [2.05, 4.69) is 5.32 Å². The largest absolute Gasteiger partial charge is 0.478 e. The number of nitrogens with one attached hydrogen (secondary N) is 1. The van der Waals surface area contributed by atoms with Crippen molar-refractivity contribution < 1.29 is 19.5 Å². The number of rotatable bonds is 5. The first-order valence-electron chi connectivity index (χ1n) is 10.5. The summed E-state index contributed by atoms with van der Waals surface area (Å²) in [5, 5.41) is 13.1. The van der Waals surface area contributed by atoms with Gasteiger partial charge in [-0.25, -0.2) is 4.79 Å². The van der Waals surface area contributed by atoms with Crippen LogP contribution in [0.15, 0.2) is 42.0 Å². The summed E-state index contributed by atoms with van der Waals surface area (Å²) in [6.45, 7) is 0.252. The van der Waals surface area contributed by atoms with E-state index >= 15 is 0 Å². The fourth-order valence-corrected chi connectivity index (χ4v) is 6.61. The number of hydrogen-bond acceptors (Lipinski definition) is 4. The number of aromatic carboxylic acids is 1. The highest BCUT2D eigenvalue weighted by molar-refractivity contribution is 6.17. The first-order chi connectivity index (χ1) is 13.9. The van der Waals surface area contributed by atoms with Crippen molar-refractivity contribution >= 4 is 23.2 Å². The van der Waals surface area contributed by atoms with Crippen LogP contribution < -0.4 is 5.32 Å². The maximum atomic E-state index is 12.0. The number of carbonyl (C=O) groups excluding carboxylic acids is 2. The van der Waals surface area contributed by atoms with Gasteiger partial charge < -0.3 is 10.4 Å². The van der Waals surface area contributed by atoms with Crippen molar-refractivity contribution in [1.82, 2.24) is 0 Å². The van der Waals surface area contributed by atoms with Crippen LogP contribution in [0.25, 0.3) is 0 Å². The highest BCUT2D eigenvalue weighted by Crippen LogP contribution is 2.61. The zero-order valence-electron chi connectivity index (χ0n) is 16.3. The Balaban J connectivity index is 1.45. The van der Waals surface area contributed by atoms with Crippen LogP contribution in [0.4, 0.5) is 5.69 Å². The third-order valence-electron chi connectivity index (χ3n) is 7.37. The number of carbonyl (C=O) groups is 3. The first kappa shape index (κ1) is 18.3. The molecule has 0 spiro atoms. The lowest BCUT2D eigenvalue weighted by molar-refractivity contribution is -0.114. The van der Waals surface area contributed by atoms with Gasteiger partial charge in [0.1, 0.15) is 0 Å². The Kier molecular flexibility index (Phi) is 4.23. The lowest BCUT2D eigenvalue weighted by Gasteiger charge is -2.57. The second kappa shape index (κ2) is 6.68. The van der Waals surface area contributed by atoms with Gasteiger partial charge in [0.05, 0.1) is 5.56 Å². The van der Waals surface area contributed by atoms with Gasteiger partial charge in [-0.05, 0) is 104 Å². The molecule has 0 radical (unpaired) electrons. The Hall–Kier alpha value is -2.69. The minimum absolute atomic E-state index is 0.0290. The maximum Gasteiger partial charge on any atom is 0.335 e. The van der Waals surface area contributed by atoms with Crippen LogP contribution in [0.5, 0.6) is 0 Å². The van der Waals surface area contributed by atoms with E-state index in [1.54, 1.807) is 12.1 Å². The summed E-state index contributed by atoms with van der Waals surface area (Å²) >= 11 is 0. The molecule has 0 atom stereocenters. The minimum Gasteiger partial charge on any atom is -0.478 e. The van der Waals surface area contributed by atoms with Crippen molar-refractivity contribution in [2.75, 3.05) is 11.9 Å². The lowest BCUT2D eigenvalue weighted by atomic mass is 9.47. The molecule has 1 aromatic carbocycles. The molecule has 6 rings (SSSR count). The maximum absolute atomic E-state index is 12.0. The number of hydrogen-bond donors (Lipinski definition) is 2. The second-order valence-electron chi connectivity index (χ2n) is 9.39. The Morgan fingerprint density at radius 1 is 1.03 bits per heavy atom. The molecule has 0 saturated heterocycles. The van der Waals surface area contributed by atoms with Crippen LogP contribution in [-0.4, -0.2) is 29.2 Å². The molecule has 2 N–H and O–H groups in total. The first-order valence-corrected chi connectivity index (χ1v) is 10.5. The quantitative estimate of drug-likeness (QED) is 0.744. The summed E-state index contributed by atoms with van der Waals surface area (Å²) in [7, 11) is 0. The molecule has 5 nitrogen and oxygen atoms in total. The Bertz CT molecular complexity index is 936. The van der Waals surface area contributed by atoms with Crippen LogP contribution in [0.3, 0.4) is 0 Å². The van der Waals surface area contributed by atoms with E-state index in [0.29, 0.717) is 11.1 Å². The molecule has 0 heterocycles. The summed E-state index contributed by atoms with van der Waals surface area (Å²) in [6, 6.07) is 5.45. The van der Waals surface area contributed by atoms with E-state index in [1.165, 1.54) is 37.5 Å². The molecular formula is C24H25NO4. The summed E-state index contributed by atoms with van der Waals surface area (Å²) in [5.41, 5.74) is 2.56. The molecule has 150 valence electrons. The van der Waals surface area contributed by atoms with Crippen molar-refractivity contribution in [3.05, 3.63) is 53.1 Å². The molecule has 1 aromatic rings. The van der Waals surface area contributed by atoms with E-state index in [1.807, 2.05) is 6.07 Å². The van der Waals surface area contributed by atoms with Crippen molar-refractivity contribution in [3.63, 3.8) is 0 Å². The van der Waals surface area contributed by atoms with Gasteiger partial charge in [-0.15, -0.1) is 0 Å². The zero-order chi connectivity index (χ0) is 20.2. The van der Waals surface area contributed by atoms with E-state index in [4.69, 9.17) is 0 Å². The van der Waals surface area contributed by atoms with Crippen LogP contribution in [0, 0.1) is 17.8 Å². The van der Waals surface area contributed by atoms with Gasteiger partial charge in [-0.2, -0.15) is 0 Å². The second-order valence-corrected chi connectivity index (χ2v) is 9.39. The van der Waals surface area contributed by atoms with Crippen molar-refractivity contribution in [3.8, 4) is 0 Å². The highest BCUT2D eigenvalue weighted by atomic mass is 16.4. The zero-order valence-corrected chi connectivity index (χ0v) is 16.3. The summed E-state index contributed by atoms with van der Waals surface area (Å²) in [6.07, 6.45) is 11.1. The number of ketones is 2. The minimum atomic E-state index is -0.872. The van der Waals surface area contributed by atoms with Crippen molar-refractivity contribution in [2.45, 2.75) is 43.9 Å². The predicted octanol–water partition coefficient (Wildman–Crippen LogP) is 3.90. The molecular weight excluding hydrogens is 366 g/mol. The van der Waals surface area contributed by atoms with Gasteiger partial charge in [0.15, 0.2) is 11.6 Å². The molecule has 0 unspecified atom stereocenters. The van der Waals surface area contributed by atoms with Crippen LogP contribution in [0.2, 0.25) is 0 Å². The van der Waals surface area contributed by atoms with Crippen LogP contribution in [-0.2, 0) is 15.0 Å². The van der Waals surface area contributed by atoms with Crippen LogP contribution >= 0.6 is 0 Å². The fraction of sp³-hybridized carbons (Fsp3) is 0.458. The molecule has 5 heteroatoms. The third kappa shape index (κ3) is 3.22. The number of anilines is 1. The van der Waals surface area contributed by atoms with E-state index in [0.717, 1.165) is 48.3 Å². The third-order valence-corrected chi connectivity index (χ3v) is 7.37. The highest BCUT2D eigenvalue weighted by Gasteiger charge is 2.52. The average Bonchev–Trinajstić information content (AvgIpc) is 2.67. The van der Waals surface area contributed by atoms with E-state index in [-0.39, 0.29) is 23.5 Å². The molecule has 4 saturated carbocycles. The molecule has 0 aliphatic heterocycles. The predicted molar refractivity (Wildman–Crippen MR) is 109 cm³/mol. The Morgan fingerprint density at radius 2 is 1.69 bits per heavy atom. The molecule has 0 amide bonds. The SMILES string of the molecule is O=C1C=CC(=O)C(CNc2ccc(C(=O)O)c(C34CC5CC(CC(C5)C3)C4)c2)=C1. The molecule has 5 aliphatic carbocycles. The van der Waals surface area contributed by atoms with Crippen LogP contribution in [0.1, 0.15) is 54.4 Å². The molecule has 5 aliphatic rings. The summed E-state index contributed by atoms with van der Waals surface area (Å²) < 4.78 is 0. The van der Waals surface area contributed by atoms with E-state index in [9.17, 15) is 19.5 Å². The summed E-state index contributed by atoms with van der Waals surface area (Å²) in [4.78, 5) is 35.5. The van der Waals surface area contributed by atoms with Crippen molar-refractivity contribution in [1.29, 1.82) is 0 Å². The van der Waals surface area contributed by atoms with Gasteiger partial charge in [-0.3, -0.25) is 9.59 Å². The smallest absolute Gasteiger partial charge is 0.335 e. The Morgan fingerprint density at radius 3 is 2.31 bits per heavy atom. The standard InChI is InChI=1S/C24H25NO4/c26-19-2-4-22(27)17(8-19)13-25-18-1-3-20(23(28)29)21(9-18)24-10-14-5-15(11-24)7-16(6-14)12-24/h1-4,8-9,14-16,25H,5-7,10-13H2,(H,28,29). The van der Waals surface area contributed by atoms with Gasteiger partial charge >= 0.3 is 5.97 Å². The molecule has 0 aromatic heterocycles. The molecule has 4 bridgehead atoms. The average molecular weight is 391 g/mol. The lowest BCUT2D eigenvalue weighted by Crippen LogP contribution is -2.49. The number of carboxylic acid groups (broad SMARTS) is 1. The summed E-state index contributed by atoms with van der Waals surface area (Å²) in [5.74, 6) is 0.951. The topological polar surface area (TPSA) is 83.5 Å². The monoisotopic (exact) mass is 391 g/mol. The van der Waals surface area contributed by atoms with Crippen molar-refractivity contribution in [2.24, 2.45) is 17.8 Å². The van der Waals surface area contributed by atoms with Gasteiger partial charge in [0.2, 0.25) is 0 Å². The molecule has 29 heavy (non-hydrogen) atoms. The number of benzene rings is 1. The normalized spacial score (nSPS) is 32.4. The molecule has 4 fully saturated rings. The fourth-order valence-electron chi connectivity index (χ4n) is 6.61. The van der Waals surface area contributed by atoms with Gasteiger partial charge in [0, 0.05) is 17.8 Å². The number of carboxylic acids is 1. The van der Waals surface area contributed by atoms with E-state index < -0.39 is 5.97 Å². The number of allylic oxidation sites excluding steroid dienone is 3. The van der Waals surface area contributed by atoms with Gasteiger partial charge in [-0.1, -0.05) is 0 Å². The Labute approximate surface area is 169 Å². The van der Waals surface area contributed by atoms with Gasteiger partial charge in [0.25, 0.3) is 0 Å².